The molecule has 0 unspecified atom stereocenters. The van der Waals surface area contributed by atoms with Gasteiger partial charge in [0.25, 0.3) is 5.91 Å². The molecule has 1 amide bonds. The molecule has 26 heavy (non-hydrogen) atoms. The number of H-pyrrole nitrogens is 1. The van der Waals surface area contributed by atoms with E-state index in [9.17, 15) is 14.0 Å². The van der Waals surface area contributed by atoms with Crippen LogP contribution in [0.1, 0.15) is 56.9 Å². The summed E-state index contributed by atoms with van der Waals surface area (Å²) in [6, 6.07) is 6.45. The van der Waals surface area contributed by atoms with E-state index in [0.29, 0.717) is 35.6 Å². The van der Waals surface area contributed by atoms with Crippen LogP contribution in [0.4, 0.5) is 4.39 Å². The first-order valence-corrected chi connectivity index (χ1v) is 8.83. The summed E-state index contributed by atoms with van der Waals surface area (Å²) in [5.41, 5.74) is 3.16. The van der Waals surface area contributed by atoms with Crippen molar-refractivity contribution < 1.29 is 18.7 Å². The van der Waals surface area contributed by atoms with Crippen molar-refractivity contribution in [3.63, 3.8) is 0 Å². The average molecular weight is 358 g/mol. The fraction of sp³-hybridized carbons (Fsp3) is 0.400. The summed E-state index contributed by atoms with van der Waals surface area (Å²) in [5, 5.41) is 0. The minimum atomic E-state index is -0.414. The van der Waals surface area contributed by atoms with Crippen LogP contribution in [0.25, 0.3) is 0 Å². The van der Waals surface area contributed by atoms with Gasteiger partial charge in [0.15, 0.2) is 0 Å². The lowest BCUT2D eigenvalue weighted by Gasteiger charge is -2.16. The number of amides is 1. The highest BCUT2D eigenvalue weighted by molar-refractivity contribution is 6.00. The van der Waals surface area contributed by atoms with E-state index in [1.807, 2.05) is 0 Å². The number of aromatic nitrogens is 1. The molecule has 5 nitrogen and oxygen atoms in total. The number of nitrogens with one attached hydrogen (secondary N) is 1. The van der Waals surface area contributed by atoms with Crippen LogP contribution in [0.15, 0.2) is 24.3 Å². The fourth-order valence-corrected chi connectivity index (χ4v) is 3.58. The van der Waals surface area contributed by atoms with Crippen molar-refractivity contribution in [1.82, 2.24) is 9.88 Å². The summed E-state index contributed by atoms with van der Waals surface area (Å²) in [4.78, 5) is 29.9. The van der Waals surface area contributed by atoms with Crippen molar-refractivity contribution in [2.24, 2.45) is 0 Å². The number of halogens is 1. The van der Waals surface area contributed by atoms with Crippen LogP contribution < -0.4 is 0 Å². The minimum absolute atomic E-state index is 0.120. The highest BCUT2D eigenvalue weighted by Crippen LogP contribution is 2.29. The van der Waals surface area contributed by atoms with Crippen molar-refractivity contribution >= 4 is 11.9 Å². The Morgan fingerprint density at radius 1 is 1.27 bits per heavy atom. The Balaban J connectivity index is 1.77. The number of hydrogen-bond acceptors (Lipinski definition) is 3. The van der Waals surface area contributed by atoms with E-state index in [-0.39, 0.29) is 24.2 Å². The SMILES string of the molecule is CCOC(=O)c1c(C)[nH]c(C(=O)N2CC[C@H](c3ccc(F)cc3)C2)c1C. The normalized spacial score (nSPS) is 16.8. The number of ether oxygens (including phenoxy) is 1. The number of aromatic amines is 1. The van der Waals surface area contributed by atoms with Crippen molar-refractivity contribution in [3.05, 3.63) is 58.2 Å². The van der Waals surface area contributed by atoms with Gasteiger partial charge in [0, 0.05) is 24.7 Å². The molecular formula is C20H23FN2O3. The van der Waals surface area contributed by atoms with Crippen molar-refractivity contribution in [2.45, 2.75) is 33.1 Å². The van der Waals surface area contributed by atoms with E-state index in [4.69, 9.17) is 4.74 Å². The average Bonchev–Trinajstić information content (AvgIpc) is 3.20. The molecule has 3 rings (SSSR count). The molecule has 1 N–H and O–H groups in total. The van der Waals surface area contributed by atoms with Gasteiger partial charge in [-0.25, -0.2) is 9.18 Å². The fourth-order valence-electron chi connectivity index (χ4n) is 3.58. The van der Waals surface area contributed by atoms with Gasteiger partial charge in [0.1, 0.15) is 11.5 Å². The molecule has 1 aliphatic rings. The quantitative estimate of drug-likeness (QED) is 0.850. The lowest BCUT2D eigenvalue weighted by molar-refractivity contribution is 0.0525. The van der Waals surface area contributed by atoms with Crippen molar-refractivity contribution in [3.8, 4) is 0 Å². The van der Waals surface area contributed by atoms with E-state index in [1.165, 1.54) is 12.1 Å². The smallest absolute Gasteiger partial charge is 0.340 e. The number of nitrogens with zero attached hydrogens (tertiary/aromatic N) is 1. The first-order valence-electron chi connectivity index (χ1n) is 8.83. The summed E-state index contributed by atoms with van der Waals surface area (Å²) in [6.07, 6.45) is 0.834. The maximum Gasteiger partial charge on any atom is 0.340 e. The van der Waals surface area contributed by atoms with Crippen LogP contribution >= 0.6 is 0 Å². The van der Waals surface area contributed by atoms with Crippen LogP contribution in [-0.4, -0.2) is 41.5 Å². The zero-order chi connectivity index (χ0) is 18.8. The Morgan fingerprint density at radius 2 is 1.96 bits per heavy atom. The lowest BCUT2D eigenvalue weighted by Crippen LogP contribution is -2.29. The third-order valence-corrected chi connectivity index (χ3v) is 4.95. The zero-order valence-corrected chi connectivity index (χ0v) is 15.3. The van der Waals surface area contributed by atoms with Crippen LogP contribution in [0.2, 0.25) is 0 Å². The van der Waals surface area contributed by atoms with Crippen LogP contribution in [-0.2, 0) is 4.74 Å². The summed E-state index contributed by atoms with van der Waals surface area (Å²) in [5.74, 6) is -0.599. The number of esters is 1. The number of likely N-dealkylation sites (tertiary alicyclic amines) is 1. The van der Waals surface area contributed by atoms with E-state index < -0.39 is 5.97 Å². The number of carbonyl (C=O) groups excluding carboxylic acids is 2. The van der Waals surface area contributed by atoms with Gasteiger partial charge >= 0.3 is 5.97 Å². The molecule has 2 heterocycles. The van der Waals surface area contributed by atoms with Crippen LogP contribution in [0.5, 0.6) is 0 Å². The Kier molecular flexibility index (Phi) is 5.11. The molecule has 0 saturated carbocycles. The highest BCUT2D eigenvalue weighted by atomic mass is 19.1. The van der Waals surface area contributed by atoms with E-state index in [1.54, 1.807) is 37.8 Å². The molecule has 1 aromatic heterocycles. The van der Waals surface area contributed by atoms with Gasteiger partial charge in [0.2, 0.25) is 0 Å². The van der Waals surface area contributed by atoms with Gasteiger partial charge in [-0.3, -0.25) is 4.79 Å². The molecule has 1 atom stereocenters. The largest absolute Gasteiger partial charge is 0.462 e. The summed E-state index contributed by atoms with van der Waals surface area (Å²) in [7, 11) is 0. The predicted molar refractivity (Wildman–Crippen MR) is 95.9 cm³/mol. The summed E-state index contributed by atoms with van der Waals surface area (Å²) < 4.78 is 18.2. The molecule has 0 spiro atoms. The molecule has 2 aromatic rings. The molecule has 6 heteroatoms. The number of hydrogen-bond donors (Lipinski definition) is 1. The molecule has 1 fully saturated rings. The maximum atomic E-state index is 13.1. The zero-order valence-electron chi connectivity index (χ0n) is 15.3. The van der Waals surface area contributed by atoms with Crippen LogP contribution in [0, 0.1) is 19.7 Å². The number of benzene rings is 1. The number of carbonyl (C=O) groups is 2. The second-order valence-corrected chi connectivity index (χ2v) is 6.63. The second-order valence-electron chi connectivity index (χ2n) is 6.63. The van der Waals surface area contributed by atoms with E-state index in [0.717, 1.165) is 12.0 Å². The molecule has 1 aromatic carbocycles. The molecule has 1 aliphatic heterocycles. The number of aryl methyl sites for hydroxylation is 1. The van der Waals surface area contributed by atoms with E-state index in [2.05, 4.69) is 4.98 Å². The first kappa shape index (κ1) is 18.2. The third kappa shape index (κ3) is 3.36. The van der Waals surface area contributed by atoms with E-state index >= 15 is 0 Å². The highest BCUT2D eigenvalue weighted by Gasteiger charge is 2.31. The van der Waals surface area contributed by atoms with Gasteiger partial charge in [-0.15, -0.1) is 0 Å². The topological polar surface area (TPSA) is 62.4 Å². The molecule has 0 bridgehead atoms. The predicted octanol–water partition coefficient (Wildman–Crippen LogP) is 3.58. The van der Waals surface area contributed by atoms with Crippen molar-refractivity contribution in [2.75, 3.05) is 19.7 Å². The maximum absolute atomic E-state index is 13.1. The molecular weight excluding hydrogens is 335 g/mol. The second kappa shape index (κ2) is 7.32. The lowest BCUT2D eigenvalue weighted by atomic mass is 9.99. The Labute approximate surface area is 152 Å². The van der Waals surface area contributed by atoms with Gasteiger partial charge < -0.3 is 14.6 Å². The molecule has 1 saturated heterocycles. The first-order chi connectivity index (χ1) is 12.4. The van der Waals surface area contributed by atoms with Crippen molar-refractivity contribution in [1.29, 1.82) is 0 Å². The van der Waals surface area contributed by atoms with Gasteiger partial charge in [0.05, 0.1) is 12.2 Å². The summed E-state index contributed by atoms with van der Waals surface area (Å²) in [6.45, 7) is 6.78. The van der Waals surface area contributed by atoms with Crippen LogP contribution in [0.3, 0.4) is 0 Å². The Morgan fingerprint density at radius 3 is 2.62 bits per heavy atom. The molecule has 138 valence electrons. The van der Waals surface area contributed by atoms with Gasteiger partial charge in [-0.1, -0.05) is 12.1 Å². The third-order valence-electron chi connectivity index (χ3n) is 4.95. The minimum Gasteiger partial charge on any atom is -0.462 e. The number of rotatable bonds is 4. The standard InChI is InChI=1S/C20H23FN2O3/c1-4-26-20(25)17-12(2)18(22-13(17)3)19(24)23-10-9-15(11-23)14-5-7-16(21)8-6-14/h5-8,15,22H,4,9-11H2,1-3H3/t15-/m0/s1. The van der Waals surface area contributed by atoms with Gasteiger partial charge in [-0.05, 0) is 50.5 Å². The molecule has 0 radical (unpaired) electrons. The summed E-state index contributed by atoms with van der Waals surface area (Å²) >= 11 is 0. The van der Waals surface area contributed by atoms with Gasteiger partial charge in [-0.2, -0.15) is 0 Å². The Hall–Kier alpha value is -2.63. The monoisotopic (exact) mass is 358 g/mol. The molecule has 0 aliphatic carbocycles. The Bertz CT molecular complexity index is 826.